The Kier molecular flexibility index (Phi) is 19.2. The molecule has 2 amide bonds. The van der Waals surface area contributed by atoms with Crippen LogP contribution in [0.2, 0.25) is 0 Å². The first-order valence-electron chi connectivity index (χ1n) is 13.2. The average Bonchev–Trinajstić information content (AvgIpc) is 2.73. The number of sulfone groups is 2. The van der Waals surface area contributed by atoms with E-state index in [1.54, 1.807) is 4.90 Å². The highest BCUT2D eigenvalue weighted by molar-refractivity contribution is 7.92. The molecule has 0 aromatic heterocycles. The number of rotatable bonds is 25. The minimum Gasteiger partial charge on any atom is -0.369 e. The molecule has 0 aromatic carbocycles. The first kappa shape index (κ1) is 33.8. The minimum absolute atomic E-state index is 0.111. The average molecular weight is 540 g/mol. The second kappa shape index (κ2) is 19.9. The van der Waals surface area contributed by atoms with Gasteiger partial charge in [-0.05, 0) is 13.0 Å². The van der Waals surface area contributed by atoms with E-state index < -0.39 is 43.0 Å². The fourth-order valence-corrected chi connectivity index (χ4v) is 6.21. The second-order valence-electron chi connectivity index (χ2n) is 9.55. The summed E-state index contributed by atoms with van der Waals surface area (Å²) in [5, 5.41) is 0. The molecule has 0 aromatic rings. The molecule has 35 heavy (non-hydrogen) atoms. The molecule has 0 fully saturated rings. The Morgan fingerprint density at radius 3 is 1.17 bits per heavy atom. The normalized spacial score (nSPS) is 12.3. The summed E-state index contributed by atoms with van der Waals surface area (Å²) in [5.41, 5.74) is 9.97. The topological polar surface area (TPSA) is 158 Å². The molecule has 0 aliphatic heterocycles. The molecule has 0 aliphatic carbocycles. The highest BCUT2D eigenvalue weighted by atomic mass is 32.2. The number of nitrogens with two attached hydrogens (primary N) is 2. The van der Waals surface area contributed by atoms with Crippen LogP contribution in [0.4, 0.5) is 0 Å². The van der Waals surface area contributed by atoms with Crippen molar-refractivity contribution >= 4 is 31.5 Å². The van der Waals surface area contributed by atoms with Gasteiger partial charge in [0, 0.05) is 13.1 Å². The maximum Gasteiger partial charge on any atom is 0.232 e. The van der Waals surface area contributed by atoms with Crippen LogP contribution in [-0.4, -0.2) is 76.2 Å². The lowest BCUT2D eigenvalue weighted by Crippen LogP contribution is -2.37. The zero-order chi connectivity index (χ0) is 26.6. The van der Waals surface area contributed by atoms with Crippen LogP contribution in [0.3, 0.4) is 0 Å². The van der Waals surface area contributed by atoms with Crippen LogP contribution in [0.15, 0.2) is 0 Å². The van der Waals surface area contributed by atoms with Crippen molar-refractivity contribution in [3.63, 3.8) is 0 Å². The Morgan fingerprint density at radius 1 is 0.543 bits per heavy atom. The van der Waals surface area contributed by atoms with Crippen molar-refractivity contribution in [2.24, 2.45) is 11.5 Å². The molecule has 11 heteroatoms. The van der Waals surface area contributed by atoms with Gasteiger partial charge in [-0.3, -0.25) is 9.59 Å². The summed E-state index contributed by atoms with van der Waals surface area (Å²) in [6.45, 7) is 3.01. The number of amides is 2. The number of carbonyl (C=O) groups is 2. The molecule has 0 atom stereocenters. The quantitative estimate of drug-likeness (QED) is 0.169. The third-order valence-electron chi connectivity index (χ3n) is 5.99. The summed E-state index contributed by atoms with van der Waals surface area (Å²) >= 11 is 0. The van der Waals surface area contributed by atoms with Gasteiger partial charge in [0.05, 0.1) is 11.5 Å². The van der Waals surface area contributed by atoms with Gasteiger partial charge in [0.1, 0.15) is 11.5 Å². The van der Waals surface area contributed by atoms with E-state index in [0.717, 1.165) is 25.7 Å². The summed E-state index contributed by atoms with van der Waals surface area (Å²) < 4.78 is 47.9. The smallest absolute Gasteiger partial charge is 0.232 e. The van der Waals surface area contributed by atoms with Gasteiger partial charge >= 0.3 is 0 Å². The lowest BCUT2D eigenvalue weighted by atomic mass is 10.0. The summed E-state index contributed by atoms with van der Waals surface area (Å²) in [5.74, 6) is -3.81. The molecule has 0 rings (SSSR count). The van der Waals surface area contributed by atoms with E-state index >= 15 is 0 Å². The zero-order valence-electron chi connectivity index (χ0n) is 21.7. The van der Waals surface area contributed by atoms with E-state index in [2.05, 4.69) is 6.92 Å². The van der Waals surface area contributed by atoms with Crippen LogP contribution < -0.4 is 11.5 Å². The highest BCUT2D eigenvalue weighted by Crippen LogP contribution is 2.13. The first-order valence-corrected chi connectivity index (χ1v) is 16.8. The van der Waals surface area contributed by atoms with Crippen molar-refractivity contribution in [2.75, 3.05) is 42.6 Å². The molecule has 0 radical (unpaired) electrons. The molecule has 0 saturated carbocycles. The predicted octanol–water partition coefficient (Wildman–Crippen LogP) is 2.57. The highest BCUT2D eigenvalue weighted by Gasteiger charge is 2.20. The summed E-state index contributed by atoms with van der Waals surface area (Å²) in [6.07, 6.45) is 17.2. The van der Waals surface area contributed by atoms with Gasteiger partial charge in [-0.1, -0.05) is 90.4 Å². The number of primary amides is 2. The van der Waals surface area contributed by atoms with Gasteiger partial charge < -0.3 is 16.4 Å². The summed E-state index contributed by atoms with van der Waals surface area (Å²) in [6, 6.07) is 0. The number of nitrogens with zero attached hydrogens (tertiary/aromatic N) is 1. The zero-order valence-corrected chi connectivity index (χ0v) is 23.4. The Hall–Kier alpha value is -1.20. The molecule has 4 N–H and O–H groups in total. The monoisotopic (exact) mass is 539 g/mol. The summed E-state index contributed by atoms with van der Waals surface area (Å²) in [4.78, 5) is 23.7. The molecule has 0 heterocycles. The number of carbonyl (C=O) groups excluding carboxylic acids is 2. The molecule has 208 valence electrons. The van der Waals surface area contributed by atoms with Crippen LogP contribution in [0.5, 0.6) is 0 Å². The van der Waals surface area contributed by atoms with Crippen LogP contribution in [0.1, 0.15) is 96.8 Å². The molecule has 0 aliphatic rings. The van der Waals surface area contributed by atoms with Gasteiger partial charge in [-0.15, -0.1) is 0 Å². The first-order chi connectivity index (χ1) is 16.5. The van der Waals surface area contributed by atoms with Crippen LogP contribution in [0, 0.1) is 0 Å². The van der Waals surface area contributed by atoms with E-state index in [-0.39, 0.29) is 24.6 Å². The largest absolute Gasteiger partial charge is 0.369 e. The van der Waals surface area contributed by atoms with Crippen molar-refractivity contribution in [1.29, 1.82) is 0 Å². The second-order valence-corrected chi connectivity index (χ2v) is 13.9. The van der Waals surface area contributed by atoms with Gasteiger partial charge in [-0.25, -0.2) is 16.8 Å². The van der Waals surface area contributed by atoms with Crippen molar-refractivity contribution in [1.82, 2.24) is 4.90 Å². The summed E-state index contributed by atoms with van der Waals surface area (Å²) in [7, 11) is -7.29. The van der Waals surface area contributed by atoms with E-state index in [1.165, 1.54) is 64.2 Å². The van der Waals surface area contributed by atoms with Crippen molar-refractivity contribution < 1.29 is 26.4 Å². The third-order valence-corrected chi connectivity index (χ3v) is 9.05. The van der Waals surface area contributed by atoms with Gasteiger partial charge in [-0.2, -0.15) is 0 Å². The van der Waals surface area contributed by atoms with Gasteiger partial charge in [0.2, 0.25) is 11.8 Å². The van der Waals surface area contributed by atoms with Crippen LogP contribution in [0.25, 0.3) is 0 Å². The standard InChI is InChI=1S/C24H49N3O6S2/c1-2-3-4-5-6-7-8-9-10-11-12-13-14-15-16-27(17-19-34(30,31)21-23(25)28)18-20-35(32,33)22-24(26)29/h2-22H2,1H3,(H2,25,28)(H2,26,29). The van der Waals surface area contributed by atoms with E-state index in [9.17, 15) is 26.4 Å². The fraction of sp³-hybridized carbons (Fsp3) is 0.917. The maximum absolute atomic E-state index is 12.0. The van der Waals surface area contributed by atoms with Crippen molar-refractivity contribution in [3.8, 4) is 0 Å². The van der Waals surface area contributed by atoms with Gasteiger partial charge in [0.15, 0.2) is 19.7 Å². The number of unbranched alkanes of at least 4 members (excludes halogenated alkanes) is 13. The lowest BCUT2D eigenvalue weighted by molar-refractivity contribution is -0.116. The van der Waals surface area contributed by atoms with Crippen molar-refractivity contribution in [2.45, 2.75) is 96.8 Å². The van der Waals surface area contributed by atoms with E-state index in [0.29, 0.717) is 6.54 Å². The van der Waals surface area contributed by atoms with Crippen molar-refractivity contribution in [3.05, 3.63) is 0 Å². The molecule has 0 spiro atoms. The molecular weight excluding hydrogens is 490 g/mol. The SMILES string of the molecule is CCCCCCCCCCCCCCCCN(CCS(=O)(=O)CC(N)=O)CCS(=O)(=O)CC(N)=O. The molecular formula is C24H49N3O6S2. The minimum atomic E-state index is -3.65. The van der Waals surface area contributed by atoms with Gasteiger partial charge in [0.25, 0.3) is 0 Å². The Balaban J connectivity index is 4.21. The molecule has 0 saturated heterocycles. The van der Waals surface area contributed by atoms with Crippen LogP contribution >= 0.6 is 0 Å². The molecule has 0 unspecified atom stereocenters. The van der Waals surface area contributed by atoms with Crippen LogP contribution in [-0.2, 0) is 29.3 Å². The Bertz CT molecular complexity index is 735. The molecule has 9 nitrogen and oxygen atoms in total. The van der Waals surface area contributed by atoms with E-state index in [1.807, 2.05) is 0 Å². The third kappa shape index (κ3) is 23.0. The predicted molar refractivity (Wildman–Crippen MR) is 142 cm³/mol. The Morgan fingerprint density at radius 2 is 0.857 bits per heavy atom. The number of hydrogen-bond acceptors (Lipinski definition) is 7. The molecule has 0 bridgehead atoms. The lowest BCUT2D eigenvalue weighted by Gasteiger charge is -2.22. The fourth-order valence-electron chi connectivity index (χ4n) is 3.98. The maximum atomic E-state index is 12.0. The van der Waals surface area contributed by atoms with E-state index in [4.69, 9.17) is 11.5 Å². The number of hydrogen-bond donors (Lipinski definition) is 2. The Labute approximate surface area is 213 Å².